The number of carbonyl (C=O) groups is 2. The molecule has 19 heavy (non-hydrogen) atoms. The van der Waals surface area contributed by atoms with E-state index < -0.39 is 6.10 Å². The number of nitrogens with one attached hydrogen (secondary N) is 1. The third-order valence-electron chi connectivity index (χ3n) is 4.51. The molecule has 5 heteroatoms. The molecule has 2 aliphatic heterocycles. The molecular formula is C14H24N2O3. The molecule has 2 aliphatic rings. The summed E-state index contributed by atoms with van der Waals surface area (Å²) < 4.78 is 0. The van der Waals surface area contributed by atoms with Gasteiger partial charge < -0.3 is 15.3 Å². The largest absolute Gasteiger partial charge is 0.391 e. The number of aliphatic hydroxyl groups excluding tert-OH is 1. The summed E-state index contributed by atoms with van der Waals surface area (Å²) in [6, 6.07) is 0. The Morgan fingerprint density at radius 1 is 1.58 bits per heavy atom. The van der Waals surface area contributed by atoms with Gasteiger partial charge in [-0.3, -0.25) is 9.59 Å². The van der Waals surface area contributed by atoms with Gasteiger partial charge in [0.25, 0.3) is 0 Å². The van der Waals surface area contributed by atoms with Crippen LogP contribution in [-0.2, 0) is 9.59 Å². The number of β-amino-alcohol motifs (C(OH)–C–C–N with tert-alkyl or cyclic N) is 1. The molecule has 2 fully saturated rings. The van der Waals surface area contributed by atoms with Crippen molar-refractivity contribution in [1.82, 2.24) is 10.2 Å². The number of likely N-dealkylation sites (tertiary alicyclic amines) is 1. The summed E-state index contributed by atoms with van der Waals surface area (Å²) in [5, 5.41) is 12.8. The van der Waals surface area contributed by atoms with Gasteiger partial charge in [0.15, 0.2) is 0 Å². The second kappa shape index (κ2) is 5.49. The number of rotatable bonds is 3. The maximum Gasteiger partial charge on any atom is 0.222 e. The van der Waals surface area contributed by atoms with Crippen molar-refractivity contribution in [2.45, 2.75) is 57.6 Å². The van der Waals surface area contributed by atoms with E-state index in [-0.39, 0.29) is 23.3 Å². The van der Waals surface area contributed by atoms with Gasteiger partial charge in [-0.15, -0.1) is 0 Å². The minimum atomic E-state index is -0.403. The minimum absolute atomic E-state index is 0.0807. The lowest BCUT2D eigenvalue weighted by Gasteiger charge is -2.35. The topological polar surface area (TPSA) is 69.6 Å². The number of hydrogen-bond acceptors (Lipinski definition) is 3. The van der Waals surface area contributed by atoms with E-state index in [4.69, 9.17) is 0 Å². The highest BCUT2D eigenvalue weighted by atomic mass is 16.3. The first kappa shape index (κ1) is 14.3. The standard InChI is InChI=1S/C14H24N2O3/c1-10-5-8-16(9-11(10)17)13(19)4-7-14(2)6-3-12(18)15-14/h10-11,17H,3-9H2,1-2H3,(H,15,18). The number of piperidine rings is 1. The van der Waals surface area contributed by atoms with Gasteiger partial charge in [-0.25, -0.2) is 0 Å². The zero-order valence-corrected chi connectivity index (χ0v) is 11.8. The van der Waals surface area contributed by atoms with E-state index in [1.165, 1.54) is 0 Å². The zero-order chi connectivity index (χ0) is 14.0. The Kier molecular flexibility index (Phi) is 4.13. The van der Waals surface area contributed by atoms with Crippen LogP contribution in [-0.4, -0.2) is 46.6 Å². The van der Waals surface area contributed by atoms with Gasteiger partial charge in [-0.2, -0.15) is 0 Å². The van der Waals surface area contributed by atoms with E-state index in [0.29, 0.717) is 25.8 Å². The molecule has 5 nitrogen and oxygen atoms in total. The highest BCUT2D eigenvalue weighted by Crippen LogP contribution is 2.25. The van der Waals surface area contributed by atoms with Crippen LogP contribution >= 0.6 is 0 Å². The summed E-state index contributed by atoms with van der Waals surface area (Å²) in [7, 11) is 0. The van der Waals surface area contributed by atoms with Crippen LogP contribution in [0.4, 0.5) is 0 Å². The normalized spacial score (nSPS) is 35.3. The predicted octanol–water partition coefficient (Wildman–Crippen LogP) is 0.665. The van der Waals surface area contributed by atoms with Crippen LogP contribution in [0.15, 0.2) is 0 Å². The summed E-state index contributed by atoms with van der Waals surface area (Å²) in [6.07, 6.45) is 2.95. The van der Waals surface area contributed by atoms with E-state index in [2.05, 4.69) is 5.32 Å². The Labute approximate surface area is 114 Å². The first-order valence-electron chi connectivity index (χ1n) is 7.16. The second-order valence-electron chi connectivity index (χ2n) is 6.28. The number of aliphatic hydroxyl groups is 1. The van der Waals surface area contributed by atoms with Crippen molar-refractivity contribution in [1.29, 1.82) is 0 Å². The van der Waals surface area contributed by atoms with Crippen LogP contribution in [0.25, 0.3) is 0 Å². The lowest BCUT2D eigenvalue weighted by Crippen LogP contribution is -2.46. The van der Waals surface area contributed by atoms with Crippen molar-refractivity contribution < 1.29 is 14.7 Å². The summed E-state index contributed by atoms with van der Waals surface area (Å²) in [5.41, 5.74) is -0.228. The molecule has 0 bridgehead atoms. The van der Waals surface area contributed by atoms with Crippen molar-refractivity contribution >= 4 is 11.8 Å². The average molecular weight is 268 g/mol. The van der Waals surface area contributed by atoms with Crippen molar-refractivity contribution in [2.75, 3.05) is 13.1 Å². The summed E-state index contributed by atoms with van der Waals surface area (Å²) in [5.74, 6) is 0.446. The minimum Gasteiger partial charge on any atom is -0.391 e. The smallest absolute Gasteiger partial charge is 0.222 e. The zero-order valence-electron chi connectivity index (χ0n) is 11.8. The molecule has 0 spiro atoms. The predicted molar refractivity (Wildman–Crippen MR) is 71.4 cm³/mol. The molecular weight excluding hydrogens is 244 g/mol. The lowest BCUT2D eigenvalue weighted by atomic mass is 9.92. The molecule has 2 amide bonds. The van der Waals surface area contributed by atoms with E-state index in [1.54, 1.807) is 4.90 Å². The monoisotopic (exact) mass is 268 g/mol. The maximum absolute atomic E-state index is 12.1. The quantitative estimate of drug-likeness (QED) is 0.790. The fraction of sp³-hybridized carbons (Fsp3) is 0.857. The summed E-state index contributed by atoms with van der Waals surface area (Å²) >= 11 is 0. The van der Waals surface area contributed by atoms with Crippen LogP contribution in [0.5, 0.6) is 0 Å². The van der Waals surface area contributed by atoms with Gasteiger partial charge in [-0.05, 0) is 32.1 Å². The first-order valence-corrected chi connectivity index (χ1v) is 7.16. The third kappa shape index (κ3) is 3.47. The van der Waals surface area contributed by atoms with Gasteiger partial charge >= 0.3 is 0 Å². The fourth-order valence-corrected chi connectivity index (χ4v) is 2.85. The van der Waals surface area contributed by atoms with Crippen molar-refractivity contribution in [3.63, 3.8) is 0 Å². The molecule has 3 unspecified atom stereocenters. The van der Waals surface area contributed by atoms with E-state index in [0.717, 1.165) is 19.4 Å². The van der Waals surface area contributed by atoms with Crippen molar-refractivity contribution in [2.24, 2.45) is 5.92 Å². The van der Waals surface area contributed by atoms with Crippen LogP contribution in [0, 0.1) is 5.92 Å². The van der Waals surface area contributed by atoms with Gasteiger partial charge in [0.1, 0.15) is 0 Å². The molecule has 2 rings (SSSR count). The van der Waals surface area contributed by atoms with E-state index in [9.17, 15) is 14.7 Å². The highest BCUT2D eigenvalue weighted by molar-refractivity contribution is 5.80. The molecule has 2 N–H and O–H groups in total. The SMILES string of the molecule is CC1CCN(C(=O)CCC2(C)CCC(=O)N2)CC1O. The fourth-order valence-electron chi connectivity index (χ4n) is 2.85. The van der Waals surface area contributed by atoms with Gasteiger partial charge in [0.05, 0.1) is 6.10 Å². The third-order valence-corrected chi connectivity index (χ3v) is 4.51. The Morgan fingerprint density at radius 3 is 2.89 bits per heavy atom. The molecule has 0 aromatic heterocycles. The number of nitrogens with zero attached hydrogens (tertiary/aromatic N) is 1. The molecule has 108 valence electrons. The second-order valence-corrected chi connectivity index (χ2v) is 6.28. The first-order chi connectivity index (χ1) is 8.89. The molecule has 2 saturated heterocycles. The van der Waals surface area contributed by atoms with Crippen LogP contribution < -0.4 is 5.32 Å². The molecule has 0 saturated carbocycles. The lowest BCUT2D eigenvalue weighted by molar-refractivity contribution is -0.136. The maximum atomic E-state index is 12.1. The number of amides is 2. The van der Waals surface area contributed by atoms with Crippen LogP contribution in [0.1, 0.15) is 46.0 Å². The van der Waals surface area contributed by atoms with E-state index >= 15 is 0 Å². The molecule has 0 aliphatic carbocycles. The van der Waals surface area contributed by atoms with Gasteiger partial charge in [-0.1, -0.05) is 6.92 Å². The Balaban J connectivity index is 1.80. The Bertz CT molecular complexity index is 372. The number of carbonyl (C=O) groups excluding carboxylic acids is 2. The molecule has 3 atom stereocenters. The van der Waals surface area contributed by atoms with E-state index in [1.807, 2.05) is 13.8 Å². The number of hydrogen-bond donors (Lipinski definition) is 2. The summed E-state index contributed by atoms with van der Waals surface area (Å²) in [4.78, 5) is 25.1. The molecule has 0 aromatic rings. The van der Waals surface area contributed by atoms with Crippen LogP contribution in [0.2, 0.25) is 0 Å². The molecule has 0 aromatic carbocycles. The van der Waals surface area contributed by atoms with Gasteiger partial charge in [0.2, 0.25) is 11.8 Å². The van der Waals surface area contributed by atoms with Gasteiger partial charge in [0, 0.05) is 31.5 Å². The van der Waals surface area contributed by atoms with Crippen molar-refractivity contribution in [3.8, 4) is 0 Å². The van der Waals surface area contributed by atoms with Crippen LogP contribution in [0.3, 0.4) is 0 Å². The molecule has 0 radical (unpaired) electrons. The molecule has 2 heterocycles. The average Bonchev–Trinajstić information content (AvgIpc) is 2.70. The Morgan fingerprint density at radius 2 is 2.32 bits per heavy atom. The van der Waals surface area contributed by atoms with Crippen molar-refractivity contribution in [3.05, 3.63) is 0 Å². The summed E-state index contributed by atoms with van der Waals surface area (Å²) in [6.45, 7) is 5.20. The highest BCUT2D eigenvalue weighted by Gasteiger charge is 2.34. The Hall–Kier alpha value is -1.10.